The summed E-state index contributed by atoms with van der Waals surface area (Å²) in [5.41, 5.74) is 3.78. The van der Waals surface area contributed by atoms with E-state index >= 15 is 0 Å². The standard InChI is InChI=1S/C23H23BrO3/c1-22(2)13-20(25)23(3,4)18-11-16(19(24)12-17(18)22)10-7-14-5-8-15(9-6-14)21(26)27/h5-12H,13H2,1-4H3,(H,26,27)/b10-7+. The predicted octanol–water partition coefficient (Wildman–Crippen LogP) is 5.85. The van der Waals surface area contributed by atoms with Gasteiger partial charge in [0.1, 0.15) is 5.78 Å². The van der Waals surface area contributed by atoms with E-state index in [1.807, 2.05) is 26.0 Å². The third-order valence-corrected chi connectivity index (χ3v) is 6.14. The van der Waals surface area contributed by atoms with Crippen LogP contribution in [0.15, 0.2) is 40.9 Å². The van der Waals surface area contributed by atoms with Gasteiger partial charge in [-0.25, -0.2) is 4.79 Å². The largest absolute Gasteiger partial charge is 0.478 e. The molecule has 3 rings (SSSR count). The second-order valence-electron chi connectivity index (χ2n) is 8.29. The zero-order valence-electron chi connectivity index (χ0n) is 16.0. The van der Waals surface area contributed by atoms with Gasteiger partial charge in [-0.3, -0.25) is 4.79 Å². The van der Waals surface area contributed by atoms with E-state index in [2.05, 4.69) is 41.9 Å². The summed E-state index contributed by atoms with van der Waals surface area (Å²) < 4.78 is 0.984. The Morgan fingerprint density at radius 3 is 2.26 bits per heavy atom. The molecule has 0 saturated heterocycles. The maximum absolute atomic E-state index is 12.7. The highest BCUT2D eigenvalue weighted by atomic mass is 79.9. The van der Waals surface area contributed by atoms with Gasteiger partial charge < -0.3 is 5.11 Å². The minimum absolute atomic E-state index is 0.181. The molecule has 140 valence electrons. The number of carbonyl (C=O) groups is 2. The molecule has 0 fully saturated rings. The number of ketones is 1. The molecule has 0 bridgehead atoms. The normalized spacial score (nSPS) is 17.7. The van der Waals surface area contributed by atoms with Crippen LogP contribution in [0.2, 0.25) is 0 Å². The lowest BCUT2D eigenvalue weighted by Crippen LogP contribution is -2.42. The molecule has 1 aliphatic rings. The Hall–Kier alpha value is -2.20. The Morgan fingerprint density at radius 1 is 1.04 bits per heavy atom. The Kier molecular flexibility index (Phi) is 4.89. The number of carboxylic acids is 1. The van der Waals surface area contributed by atoms with Gasteiger partial charge in [-0.05, 0) is 65.8 Å². The highest BCUT2D eigenvalue weighted by molar-refractivity contribution is 9.10. The van der Waals surface area contributed by atoms with E-state index in [4.69, 9.17) is 5.11 Å². The van der Waals surface area contributed by atoms with Gasteiger partial charge >= 0.3 is 5.97 Å². The highest BCUT2D eigenvalue weighted by Crippen LogP contribution is 2.45. The number of halogens is 1. The van der Waals surface area contributed by atoms with Crippen molar-refractivity contribution in [3.8, 4) is 0 Å². The maximum atomic E-state index is 12.7. The van der Waals surface area contributed by atoms with E-state index in [0.29, 0.717) is 6.42 Å². The van der Waals surface area contributed by atoms with Gasteiger partial charge in [0, 0.05) is 16.3 Å². The van der Waals surface area contributed by atoms with Gasteiger partial charge in [-0.15, -0.1) is 0 Å². The molecule has 0 amide bonds. The van der Waals surface area contributed by atoms with Crippen molar-refractivity contribution in [1.82, 2.24) is 0 Å². The summed E-state index contributed by atoms with van der Waals surface area (Å²) in [7, 11) is 0. The first-order chi connectivity index (χ1) is 12.5. The van der Waals surface area contributed by atoms with E-state index < -0.39 is 11.4 Å². The fourth-order valence-electron chi connectivity index (χ4n) is 3.59. The van der Waals surface area contributed by atoms with Crippen molar-refractivity contribution in [3.63, 3.8) is 0 Å². The van der Waals surface area contributed by atoms with Gasteiger partial charge in [0.05, 0.1) is 5.56 Å². The molecule has 3 nitrogen and oxygen atoms in total. The molecular formula is C23H23BrO3. The van der Waals surface area contributed by atoms with Crippen LogP contribution in [-0.4, -0.2) is 16.9 Å². The van der Waals surface area contributed by atoms with Gasteiger partial charge in [0.15, 0.2) is 0 Å². The van der Waals surface area contributed by atoms with Crippen molar-refractivity contribution in [2.75, 3.05) is 0 Å². The molecule has 4 heteroatoms. The summed E-state index contributed by atoms with van der Waals surface area (Å²) in [6.45, 7) is 8.22. The van der Waals surface area contributed by atoms with Crippen molar-refractivity contribution in [3.05, 3.63) is 68.7 Å². The molecule has 27 heavy (non-hydrogen) atoms. The van der Waals surface area contributed by atoms with Gasteiger partial charge in [0.25, 0.3) is 0 Å². The number of hydrogen-bond donors (Lipinski definition) is 1. The highest BCUT2D eigenvalue weighted by Gasteiger charge is 2.43. The number of carboxylic acid groups (broad SMARTS) is 1. The van der Waals surface area contributed by atoms with E-state index in [0.717, 1.165) is 21.2 Å². The molecule has 0 heterocycles. The van der Waals surface area contributed by atoms with Gasteiger partial charge in [0.2, 0.25) is 0 Å². The summed E-state index contributed by atoms with van der Waals surface area (Å²) in [4.78, 5) is 23.6. The van der Waals surface area contributed by atoms with Crippen LogP contribution in [0.1, 0.15) is 66.7 Å². The molecule has 2 aromatic carbocycles. The number of benzene rings is 2. The van der Waals surface area contributed by atoms with Gasteiger partial charge in [-0.2, -0.15) is 0 Å². The molecule has 0 aromatic heterocycles. The summed E-state index contributed by atoms with van der Waals surface area (Å²) in [6.07, 6.45) is 4.48. The quantitative estimate of drug-likeness (QED) is 0.626. The molecule has 2 aromatic rings. The number of fused-ring (bicyclic) bond motifs is 1. The van der Waals surface area contributed by atoms with Crippen LogP contribution in [0.3, 0.4) is 0 Å². The van der Waals surface area contributed by atoms with Crippen LogP contribution in [-0.2, 0) is 15.6 Å². The van der Waals surface area contributed by atoms with E-state index in [1.165, 1.54) is 5.56 Å². The lowest BCUT2D eigenvalue weighted by molar-refractivity contribution is -0.125. The Balaban J connectivity index is 2.02. The average molecular weight is 427 g/mol. The van der Waals surface area contributed by atoms with Crippen molar-refractivity contribution >= 4 is 39.8 Å². The topological polar surface area (TPSA) is 54.4 Å². The molecule has 0 unspecified atom stereocenters. The SMILES string of the molecule is CC1(C)CC(=O)C(C)(C)c2cc(/C=C/c3ccc(C(=O)O)cc3)c(Br)cc21. The molecule has 0 aliphatic heterocycles. The first-order valence-corrected chi connectivity index (χ1v) is 9.71. The van der Waals surface area contributed by atoms with Crippen molar-refractivity contribution in [2.24, 2.45) is 0 Å². The minimum atomic E-state index is -0.933. The second-order valence-corrected chi connectivity index (χ2v) is 9.14. The third-order valence-electron chi connectivity index (χ3n) is 5.45. The summed E-state index contributed by atoms with van der Waals surface area (Å²) in [6, 6.07) is 11.0. The smallest absolute Gasteiger partial charge is 0.335 e. The van der Waals surface area contributed by atoms with Crippen LogP contribution in [0.4, 0.5) is 0 Å². The zero-order valence-corrected chi connectivity index (χ0v) is 17.6. The van der Waals surface area contributed by atoms with Crippen LogP contribution >= 0.6 is 15.9 Å². The predicted molar refractivity (Wildman–Crippen MR) is 112 cm³/mol. The first-order valence-electron chi connectivity index (χ1n) is 8.91. The zero-order chi connectivity index (χ0) is 20.0. The summed E-state index contributed by atoms with van der Waals surface area (Å²) >= 11 is 3.67. The van der Waals surface area contributed by atoms with Gasteiger partial charge in [-0.1, -0.05) is 54.1 Å². The van der Waals surface area contributed by atoms with E-state index in [9.17, 15) is 9.59 Å². The Morgan fingerprint density at radius 2 is 1.67 bits per heavy atom. The fourth-order valence-corrected chi connectivity index (χ4v) is 4.06. The number of Topliss-reactive ketones (excluding diaryl/α,β-unsaturated/α-hetero) is 1. The first kappa shape index (κ1) is 19.6. The third kappa shape index (κ3) is 3.63. The molecule has 0 radical (unpaired) electrons. The minimum Gasteiger partial charge on any atom is -0.478 e. The fraction of sp³-hybridized carbons (Fsp3) is 0.304. The van der Waals surface area contributed by atoms with Crippen molar-refractivity contribution in [1.29, 1.82) is 0 Å². The van der Waals surface area contributed by atoms with Crippen LogP contribution in [0.25, 0.3) is 12.2 Å². The molecule has 0 atom stereocenters. The molecule has 1 N–H and O–H groups in total. The van der Waals surface area contributed by atoms with E-state index in [-0.39, 0.29) is 16.8 Å². The van der Waals surface area contributed by atoms with Crippen molar-refractivity contribution < 1.29 is 14.7 Å². The average Bonchev–Trinajstić information content (AvgIpc) is 2.59. The van der Waals surface area contributed by atoms with Crippen LogP contribution < -0.4 is 0 Å². The molecule has 0 spiro atoms. The molecule has 1 aliphatic carbocycles. The molecule has 0 saturated carbocycles. The summed E-state index contributed by atoms with van der Waals surface area (Å²) in [5.74, 6) is -0.668. The molecular weight excluding hydrogens is 404 g/mol. The number of rotatable bonds is 3. The lowest BCUT2D eigenvalue weighted by Gasteiger charge is -2.40. The van der Waals surface area contributed by atoms with Crippen LogP contribution in [0, 0.1) is 0 Å². The lowest BCUT2D eigenvalue weighted by atomic mass is 9.62. The number of carbonyl (C=O) groups excluding carboxylic acids is 1. The number of aromatic carboxylic acids is 1. The van der Waals surface area contributed by atoms with Crippen LogP contribution in [0.5, 0.6) is 0 Å². The maximum Gasteiger partial charge on any atom is 0.335 e. The Bertz CT molecular complexity index is 950. The number of hydrogen-bond acceptors (Lipinski definition) is 2. The monoisotopic (exact) mass is 426 g/mol. The summed E-state index contributed by atoms with van der Waals surface area (Å²) in [5, 5.41) is 8.99. The van der Waals surface area contributed by atoms with Crippen molar-refractivity contribution in [2.45, 2.75) is 44.9 Å². The van der Waals surface area contributed by atoms with E-state index in [1.54, 1.807) is 24.3 Å². The second kappa shape index (κ2) is 6.75. The Labute approximate surface area is 168 Å².